The van der Waals surface area contributed by atoms with E-state index in [0.717, 1.165) is 24.1 Å². The van der Waals surface area contributed by atoms with Crippen LogP contribution in [-0.4, -0.2) is 16.1 Å². The van der Waals surface area contributed by atoms with E-state index in [9.17, 15) is 39.5 Å². The third kappa shape index (κ3) is 5.45. The second kappa shape index (κ2) is 9.31. The average Bonchev–Trinajstić information content (AvgIpc) is 2.77. The third-order valence-corrected chi connectivity index (χ3v) is 4.95. The van der Waals surface area contributed by atoms with E-state index in [2.05, 4.69) is 14.7 Å². The summed E-state index contributed by atoms with van der Waals surface area (Å²) in [4.78, 5) is 7.75. The molecule has 0 amide bonds. The molecular formula is C25H11F9N2O. The van der Waals surface area contributed by atoms with E-state index in [4.69, 9.17) is 0 Å². The maximum absolute atomic E-state index is 14.8. The molecule has 0 N–H and O–H groups in total. The third-order valence-electron chi connectivity index (χ3n) is 4.95. The standard InChI is InChI=1S/C25H11F9N2O/c1-12-10-35-23(36-11-12)14-8-19(27)21(20(28)9-14)25(33,34)37-15-2-3-16-13(6-15)7-18(26)17(22(16)29)4-5-24(30,31)32/h2-3,6-11H,1H3. The van der Waals surface area contributed by atoms with Gasteiger partial charge in [-0.3, -0.25) is 0 Å². The molecule has 4 rings (SSSR count). The number of nitrogens with zero attached hydrogens (tertiary/aromatic N) is 2. The van der Waals surface area contributed by atoms with E-state index >= 15 is 0 Å². The van der Waals surface area contributed by atoms with E-state index in [-0.39, 0.29) is 16.8 Å². The molecule has 3 aromatic carbocycles. The van der Waals surface area contributed by atoms with Gasteiger partial charge in [-0.1, -0.05) is 5.92 Å². The molecule has 0 spiro atoms. The van der Waals surface area contributed by atoms with Crippen LogP contribution < -0.4 is 4.74 Å². The van der Waals surface area contributed by atoms with Gasteiger partial charge >= 0.3 is 12.3 Å². The summed E-state index contributed by atoms with van der Waals surface area (Å²) in [7, 11) is 0. The summed E-state index contributed by atoms with van der Waals surface area (Å²) >= 11 is 0. The van der Waals surface area contributed by atoms with Gasteiger partial charge in [-0.2, -0.15) is 22.0 Å². The Kier molecular flexibility index (Phi) is 6.50. The number of alkyl halides is 5. The van der Waals surface area contributed by atoms with Crippen molar-refractivity contribution in [2.75, 3.05) is 0 Å². The summed E-state index contributed by atoms with van der Waals surface area (Å²) in [5.74, 6) is -5.06. The predicted octanol–water partition coefficient (Wildman–Crippen LogP) is 7.20. The fourth-order valence-electron chi connectivity index (χ4n) is 3.34. The lowest BCUT2D eigenvalue weighted by atomic mass is 10.0. The van der Waals surface area contributed by atoms with Crippen molar-refractivity contribution in [3.63, 3.8) is 0 Å². The Labute approximate surface area is 202 Å². The van der Waals surface area contributed by atoms with E-state index in [1.807, 2.05) is 0 Å². The molecule has 0 unspecified atom stereocenters. The molecule has 4 aromatic rings. The number of hydrogen-bond acceptors (Lipinski definition) is 3. The first-order valence-corrected chi connectivity index (χ1v) is 10.1. The number of rotatable bonds is 4. The van der Waals surface area contributed by atoms with Crippen molar-refractivity contribution in [2.45, 2.75) is 19.2 Å². The molecule has 0 saturated heterocycles. The van der Waals surface area contributed by atoms with Crippen LogP contribution in [0.15, 0.2) is 48.8 Å². The highest BCUT2D eigenvalue weighted by Crippen LogP contribution is 2.38. The minimum Gasteiger partial charge on any atom is -0.429 e. The number of hydrogen-bond donors (Lipinski definition) is 0. The first kappa shape index (κ1) is 25.8. The van der Waals surface area contributed by atoms with Crippen molar-refractivity contribution in [3.8, 4) is 29.0 Å². The fourth-order valence-corrected chi connectivity index (χ4v) is 3.34. The average molecular weight is 526 g/mol. The first-order chi connectivity index (χ1) is 17.2. The molecule has 0 radical (unpaired) electrons. The number of aromatic nitrogens is 2. The van der Waals surface area contributed by atoms with Crippen molar-refractivity contribution in [2.24, 2.45) is 0 Å². The van der Waals surface area contributed by atoms with Crippen molar-refractivity contribution in [1.82, 2.24) is 9.97 Å². The van der Waals surface area contributed by atoms with Gasteiger partial charge in [0.05, 0.1) is 5.56 Å². The van der Waals surface area contributed by atoms with E-state index < -0.39 is 57.8 Å². The molecule has 0 aliphatic carbocycles. The molecule has 0 aliphatic heterocycles. The Morgan fingerprint density at radius 2 is 1.43 bits per heavy atom. The van der Waals surface area contributed by atoms with Gasteiger partial charge in [-0.25, -0.2) is 27.5 Å². The van der Waals surface area contributed by atoms with Crippen LogP contribution in [0, 0.1) is 42.0 Å². The summed E-state index contributed by atoms with van der Waals surface area (Å²) in [5, 5.41) is -0.836. The van der Waals surface area contributed by atoms with E-state index in [1.54, 1.807) is 6.92 Å². The molecule has 0 fully saturated rings. The van der Waals surface area contributed by atoms with E-state index in [1.165, 1.54) is 18.3 Å². The number of fused-ring (bicyclic) bond motifs is 1. The number of benzene rings is 3. The zero-order chi connectivity index (χ0) is 27.1. The summed E-state index contributed by atoms with van der Waals surface area (Å²) in [6.07, 6.45) is -6.86. The number of halogens is 9. The van der Waals surface area contributed by atoms with Crippen LogP contribution in [0.2, 0.25) is 0 Å². The highest BCUT2D eigenvalue weighted by molar-refractivity contribution is 5.86. The van der Waals surface area contributed by atoms with E-state index in [0.29, 0.717) is 23.8 Å². The summed E-state index contributed by atoms with van der Waals surface area (Å²) < 4.78 is 129. The Bertz CT molecular complexity index is 1550. The Morgan fingerprint density at radius 1 is 0.811 bits per heavy atom. The quantitative estimate of drug-likeness (QED) is 0.208. The maximum Gasteiger partial charge on any atom is 0.458 e. The van der Waals surface area contributed by atoms with Crippen LogP contribution in [-0.2, 0) is 6.11 Å². The van der Waals surface area contributed by atoms with Gasteiger partial charge in [0.2, 0.25) is 0 Å². The lowest BCUT2D eigenvalue weighted by Crippen LogP contribution is -2.25. The van der Waals surface area contributed by atoms with Gasteiger partial charge in [-0.05, 0) is 54.3 Å². The van der Waals surface area contributed by atoms with Gasteiger partial charge in [0, 0.05) is 29.3 Å². The molecule has 12 heteroatoms. The molecule has 0 bridgehead atoms. The van der Waals surface area contributed by atoms with Gasteiger partial charge in [-0.15, -0.1) is 0 Å². The van der Waals surface area contributed by atoms with Gasteiger partial charge in [0.1, 0.15) is 34.6 Å². The summed E-state index contributed by atoms with van der Waals surface area (Å²) in [6, 6.07) is 4.05. The molecule has 190 valence electrons. The van der Waals surface area contributed by atoms with Crippen LogP contribution in [0.4, 0.5) is 39.5 Å². The smallest absolute Gasteiger partial charge is 0.429 e. The minimum absolute atomic E-state index is 0.114. The lowest BCUT2D eigenvalue weighted by molar-refractivity contribution is -0.189. The van der Waals surface area contributed by atoms with Crippen molar-refractivity contribution < 1.29 is 44.3 Å². The maximum atomic E-state index is 14.8. The highest BCUT2D eigenvalue weighted by atomic mass is 19.4. The molecule has 1 aromatic heterocycles. The Hall–Kier alpha value is -4.27. The second-order valence-corrected chi connectivity index (χ2v) is 7.70. The minimum atomic E-state index is -5.01. The van der Waals surface area contributed by atoms with Crippen LogP contribution in [0.3, 0.4) is 0 Å². The molecule has 37 heavy (non-hydrogen) atoms. The molecule has 0 aliphatic rings. The summed E-state index contributed by atoms with van der Waals surface area (Å²) in [5.41, 5.74) is -2.47. The molecule has 1 heterocycles. The van der Waals surface area contributed by atoms with Crippen LogP contribution in [0.5, 0.6) is 5.75 Å². The van der Waals surface area contributed by atoms with Gasteiger partial charge in [0.15, 0.2) is 5.82 Å². The largest absolute Gasteiger partial charge is 0.458 e. The van der Waals surface area contributed by atoms with Gasteiger partial charge in [0.25, 0.3) is 0 Å². The van der Waals surface area contributed by atoms with Gasteiger partial charge < -0.3 is 4.74 Å². The predicted molar refractivity (Wildman–Crippen MR) is 113 cm³/mol. The molecule has 0 atom stereocenters. The fraction of sp³-hybridized carbons (Fsp3) is 0.120. The highest BCUT2D eigenvalue weighted by Gasteiger charge is 2.41. The Morgan fingerprint density at radius 3 is 2.03 bits per heavy atom. The molecular weight excluding hydrogens is 515 g/mol. The first-order valence-electron chi connectivity index (χ1n) is 10.1. The zero-order valence-corrected chi connectivity index (χ0v) is 18.3. The molecule has 3 nitrogen and oxygen atoms in total. The Balaban J connectivity index is 1.68. The topological polar surface area (TPSA) is 35.0 Å². The van der Waals surface area contributed by atoms with Crippen molar-refractivity contribution in [3.05, 3.63) is 88.8 Å². The molecule has 0 saturated carbocycles. The lowest BCUT2D eigenvalue weighted by Gasteiger charge is -2.20. The number of ether oxygens (including phenoxy) is 1. The van der Waals surface area contributed by atoms with Crippen molar-refractivity contribution >= 4 is 10.8 Å². The normalized spacial score (nSPS) is 11.8. The van der Waals surface area contributed by atoms with Crippen molar-refractivity contribution in [1.29, 1.82) is 0 Å². The second-order valence-electron chi connectivity index (χ2n) is 7.70. The SMILES string of the molecule is Cc1cnc(-c2cc(F)c(C(F)(F)Oc3ccc4c(F)c(C#CC(F)(F)F)c(F)cc4c3)c(F)c2)nc1. The number of aryl methyl sites for hydroxylation is 1. The van der Waals surface area contributed by atoms with Crippen LogP contribution in [0.1, 0.15) is 16.7 Å². The van der Waals surface area contributed by atoms with Crippen LogP contribution >= 0.6 is 0 Å². The summed E-state index contributed by atoms with van der Waals surface area (Å²) in [6.45, 7) is 1.67. The monoisotopic (exact) mass is 526 g/mol. The zero-order valence-electron chi connectivity index (χ0n) is 18.3. The van der Waals surface area contributed by atoms with Crippen LogP contribution in [0.25, 0.3) is 22.2 Å².